The molecule has 11 rings (SSSR count). The summed E-state index contributed by atoms with van der Waals surface area (Å²) in [5, 5.41) is 0. The van der Waals surface area contributed by atoms with Crippen LogP contribution in [0, 0.1) is 6.92 Å². The van der Waals surface area contributed by atoms with E-state index < -0.39 is 0 Å². The first kappa shape index (κ1) is 32.4. The van der Waals surface area contributed by atoms with Crippen molar-refractivity contribution in [3.63, 3.8) is 0 Å². The largest absolute Gasteiger partial charge is 0.376 e. The maximum Gasteiger partial charge on any atom is 0.333 e. The average molecular weight is 701 g/mol. The van der Waals surface area contributed by atoms with Crippen LogP contribution in [0.2, 0.25) is 0 Å². The monoisotopic (exact) mass is 700 g/mol. The van der Waals surface area contributed by atoms with E-state index in [2.05, 4.69) is 181 Å². The third kappa shape index (κ3) is 3.88. The van der Waals surface area contributed by atoms with Crippen LogP contribution in [0.25, 0.3) is 22.3 Å². The van der Waals surface area contributed by atoms with Crippen LogP contribution in [-0.2, 0) is 21.7 Å². The summed E-state index contributed by atoms with van der Waals surface area (Å²) in [6.45, 7) is 21.8. The van der Waals surface area contributed by atoms with Crippen molar-refractivity contribution >= 4 is 46.2 Å². The van der Waals surface area contributed by atoms with Gasteiger partial charge in [-0.05, 0) is 116 Å². The lowest BCUT2D eigenvalue weighted by molar-refractivity contribution is 0.332. The van der Waals surface area contributed by atoms with Crippen LogP contribution in [0.1, 0.15) is 107 Å². The SMILES string of the molecule is Cc1cc2c3c(c1)N1c4ccccc4C(C)(C)c4cccc(c41)B3N(c1ccc3c(c1)C(C)(C)CCC3(C)C)c1c-2ccc2c1-c1ccccc1C2(C)C. The molecule has 0 aromatic heterocycles. The molecule has 0 saturated heterocycles. The summed E-state index contributed by atoms with van der Waals surface area (Å²) in [6.07, 6.45) is 2.40. The Morgan fingerprint density at radius 1 is 0.500 bits per heavy atom. The van der Waals surface area contributed by atoms with E-state index in [0.29, 0.717) is 0 Å². The van der Waals surface area contributed by atoms with Gasteiger partial charge < -0.3 is 9.71 Å². The maximum atomic E-state index is 2.80. The van der Waals surface area contributed by atoms with Crippen molar-refractivity contribution in [2.75, 3.05) is 9.71 Å². The zero-order chi connectivity index (χ0) is 37.3. The highest BCUT2D eigenvalue weighted by Gasteiger charge is 2.51. The second kappa shape index (κ2) is 10.2. The van der Waals surface area contributed by atoms with Gasteiger partial charge in [0, 0.05) is 44.7 Å². The lowest BCUT2D eigenvalue weighted by atomic mass is 9.42. The highest BCUT2D eigenvalue weighted by Crippen LogP contribution is 2.60. The molecule has 2 nitrogen and oxygen atoms in total. The van der Waals surface area contributed by atoms with Crippen molar-refractivity contribution in [3.8, 4) is 22.3 Å². The summed E-state index contributed by atoms with van der Waals surface area (Å²) >= 11 is 0. The minimum atomic E-state index is -0.147. The first-order valence-corrected chi connectivity index (χ1v) is 20.1. The summed E-state index contributed by atoms with van der Waals surface area (Å²) in [4.78, 5) is 5.42. The van der Waals surface area contributed by atoms with Crippen LogP contribution in [-0.4, -0.2) is 6.85 Å². The number of para-hydroxylation sites is 2. The molecule has 6 aromatic rings. The fraction of sp³-hybridized carbons (Fsp3) is 0.294. The molecule has 0 bridgehead atoms. The van der Waals surface area contributed by atoms with E-state index >= 15 is 0 Å². The van der Waals surface area contributed by atoms with E-state index in [1.165, 1.54) is 113 Å². The van der Waals surface area contributed by atoms with Crippen LogP contribution >= 0.6 is 0 Å². The standard InChI is InChI=1S/C51H49BN2/c1-30-27-34-32-22-24-38-44(33-15-10-11-16-35(33)50(38,6)7)46(32)54(31-21-23-36-40(29-31)49(4,5)26-25-48(36,2)3)52-41-19-14-18-39-47(41)53(43(28-30)45(34)52)42-20-13-12-17-37(42)51(39,8)9/h10-24,27-29H,25-26H2,1-9H3. The Hall–Kier alpha value is -5.02. The predicted octanol–water partition coefficient (Wildman–Crippen LogP) is 12.0. The Labute approximate surface area is 322 Å². The number of hydrogen-bond acceptors (Lipinski definition) is 2. The maximum absolute atomic E-state index is 2.80. The van der Waals surface area contributed by atoms with E-state index in [4.69, 9.17) is 0 Å². The fourth-order valence-electron chi connectivity index (χ4n) is 11.5. The lowest BCUT2D eigenvalue weighted by Crippen LogP contribution is -2.62. The molecule has 0 fully saturated rings. The molecule has 3 heteroatoms. The minimum Gasteiger partial charge on any atom is -0.376 e. The molecular formula is C51H49BN2. The van der Waals surface area contributed by atoms with Crippen LogP contribution < -0.4 is 20.6 Å². The molecule has 2 aliphatic carbocycles. The van der Waals surface area contributed by atoms with Crippen LogP contribution in [0.5, 0.6) is 0 Å². The third-order valence-electron chi connectivity index (χ3n) is 14.5. The Morgan fingerprint density at radius 3 is 1.96 bits per heavy atom. The molecular weight excluding hydrogens is 651 g/mol. The number of benzene rings is 6. The van der Waals surface area contributed by atoms with Gasteiger partial charge in [0.1, 0.15) is 0 Å². The third-order valence-corrected chi connectivity index (χ3v) is 14.5. The van der Waals surface area contributed by atoms with E-state index in [9.17, 15) is 0 Å². The zero-order valence-corrected chi connectivity index (χ0v) is 33.3. The Bertz CT molecular complexity index is 2660. The molecule has 0 unspecified atom stereocenters. The van der Waals surface area contributed by atoms with Crippen molar-refractivity contribution < 1.29 is 0 Å². The molecule has 5 aliphatic rings. The minimum absolute atomic E-state index is 0.00417. The first-order chi connectivity index (χ1) is 25.7. The molecule has 54 heavy (non-hydrogen) atoms. The zero-order valence-electron chi connectivity index (χ0n) is 33.3. The van der Waals surface area contributed by atoms with E-state index in [1.54, 1.807) is 0 Å². The molecule has 0 amide bonds. The molecule has 0 radical (unpaired) electrons. The highest BCUT2D eigenvalue weighted by atomic mass is 15.2. The smallest absolute Gasteiger partial charge is 0.333 e. The number of hydrogen-bond donors (Lipinski definition) is 0. The van der Waals surface area contributed by atoms with Crippen LogP contribution in [0.3, 0.4) is 0 Å². The van der Waals surface area contributed by atoms with Gasteiger partial charge in [0.25, 0.3) is 0 Å². The summed E-state index contributed by atoms with van der Waals surface area (Å²) in [7, 11) is 0. The van der Waals surface area contributed by atoms with Crippen molar-refractivity contribution in [1.82, 2.24) is 0 Å². The van der Waals surface area contributed by atoms with Gasteiger partial charge in [0.2, 0.25) is 0 Å². The molecule has 0 saturated carbocycles. The van der Waals surface area contributed by atoms with Crippen LogP contribution in [0.15, 0.2) is 109 Å². The number of anilines is 5. The van der Waals surface area contributed by atoms with Crippen molar-refractivity contribution in [3.05, 3.63) is 148 Å². The molecule has 0 atom stereocenters. The Kier molecular flexibility index (Phi) is 6.11. The van der Waals surface area contributed by atoms with Gasteiger partial charge in [-0.15, -0.1) is 0 Å². The highest BCUT2D eigenvalue weighted by molar-refractivity contribution is 6.93. The summed E-state index contributed by atoms with van der Waals surface area (Å²) in [5.41, 5.74) is 24.8. The number of aryl methyl sites for hydroxylation is 1. The van der Waals surface area contributed by atoms with Gasteiger partial charge >= 0.3 is 6.85 Å². The van der Waals surface area contributed by atoms with Gasteiger partial charge in [-0.25, -0.2) is 0 Å². The van der Waals surface area contributed by atoms with Crippen molar-refractivity contribution in [2.45, 2.75) is 96.8 Å². The summed E-state index contributed by atoms with van der Waals surface area (Å²) in [5.74, 6) is 0. The van der Waals surface area contributed by atoms with Gasteiger partial charge in [-0.2, -0.15) is 0 Å². The summed E-state index contributed by atoms with van der Waals surface area (Å²) < 4.78 is 0. The second-order valence-electron chi connectivity index (χ2n) is 19.3. The fourth-order valence-corrected chi connectivity index (χ4v) is 11.5. The number of fused-ring (bicyclic) bond motifs is 11. The lowest BCUT2D eigenvalue weighted by Gasteiger charge is -2.51. The van der Waals surface area contributed by atoms with Crippen molar-refractivity contribution in [1.29, 1.82) is 0 Å². The Morgan fingerprint density at radius 2 is 1.17 bits per heavy atom. The van der Waals surface area contributed by atoms with E-state index in [-0.39, 0.29) is 28.5 Å². The molecule has 3 aliphatic heterocycles. The van der Waals surface area contributed by atoms with Gasteiger partial charge in [0.15, 0.2) is 0 Å². The van der Waals surface area contributed by atoms with E-state index in [1.807, 2.05) is 0 Å². The molecule has 0 N–H and O–H groups in total. The van der Waals surface area contributed by atoms with Crippen molar-refractivity contribution in [2.24, 2.45) is 0 Å². The molecule has 3 heterocycles. The first-order valence-electron chi connectivity index (χ1n) is 20.1. The van der Waals surface area contributed by atoms with Crippen LogP contribution in [0.4, 0.5) is 28.4 Å². The Balaban J connectivity index is 1.30. The topological polar surface area (TPSA) is 6.48 Å². The molecule has 6 aromatic carbocycles. The van der Waals surface area contributed by atoms with Gasteiger partial charge in [-0.3, -0.25) is 0 Å². The quantitative estimate of drug-likeness (QED) is 0.158. The number of rotatable bonds is 1. The molecule has 0 spiro atoms. The average Bonchev–Trinajstić information content (AvgIpc) is 3.39. The summed E-state index contributed by atoms with van der Waals surface area (Å²) in [6, 6.07) is 42.9. The number of nitrogens with zero attached hydrogens (tertiary/aromatic N) is 2. The van der Waals surface area contributed by atoms with Gasteiger partial charge in [-0.1, -0.05) is 140 Å². The predicted molar refractivity (Wildman–Crippen MR) is 230 cm³/mol. The van der Waals surface area contributed by atoms with Gasteiger partial charge in [0.05, 0.1) is 5.69 Å². The van der Waals surface area contributed by atoms with E-state index in [0.717, 1.165) is 0 Å². The normalized spacial score (nSPS) is 19.2. The second-order valence-corrected chi connectivity index (χ2v) is 19.3. The molecule has 266 valence electrons.